The number of aliphatic hydroxyl groups excluding tert-OH is 2. The molecule has 0 aliphatic rings. The first-order chi connectivity index (χ1) is 40.0. The molecule has 482 valence electrons. The Hall–Kier alpha value is -1.40. The molecule has 0 bridgehead atoms. The van der Waals surface area contributed by atoms with Gasteiger partial charge in [-0.1, -0.05) is 379 Å². The number of allylic oxidation sites excluding steroid dienone is 2. The van der Waals surface area contributed by atoms with Crippen LogP contribution in [-0.4, -0.2) is 47.4 Å². The van der Waals surface area contributed by atoms with Gasteiger partial charge in [0.1, 0.15) is 0 Å². The molecule has 0 rings (SSSR count). The molecule has 0 aromatic heterocycles. The summed E-state index contributed by atoms with van der Waals surface area (Å²) in [7, 11) is 0. The van der Waals surface area contributed by atoms with Gasteiger partial charge < -0.3 is 20.3 Å². The largest absolute Gasteiger partial charge is 0.466 e. The Kier molecular flexibility index (Phi) is 69.9. The molecule has 0 heterocycles. The molecule has 2 atom stereocenters. The van der Waals surface area contributed by atoms with Crippen molar-refractivity contribution in [1.29, 1.82) is 0 Å². The summed E-state index contributed by atoms with van der Waals surface area (Å²) in [6.07, 6.45) is 88.5. The lowest BCUT2D eigenvalue weighted by Crippen LogP contribution is -2.45. The van der Waals surface area contributed by atoms with E-state index in [0.717, 1.165) is 38.5 Å². The molecule has 0 spiro atoms. The second-order valence-corrected chi connectivity index (χ2v) is 26.0. The number of unbranched alkanes of at least 4 members (excludes halogenated alkanes) is 58. The third-order valence-corrected chi connectivity index (χ3v) is 17.8. The first-order valence-electron chi connectivity index (χ1n) is 37.4. The monoisotopic (exact) mass is 1140 g/mol. The number of ether oxygens (including phenoxy) is 1. The van der Waals surface area contributed by atoms with Crippen molar-refractivity contribution in [3.63, 3.8) is 0 Å². The van der Waals surface area contributed by atoms with Crippen LogP contribution in [0, 0.1) is 0 Å². The number of carbonyl (C=O) groups excluding carboxylic acids is 2. The molecule has 0 aromatic rings. The number of rotatable bonds is 71. The van der Waals surface area contributed by atoms with E-state index >= 15 is 0 Å². The molecule has 0 aromatic carbocycles. The maximum atomic E-state index is 12.5. The number of amides is 1. The third-order valence-electron chi connectivity index (χ3n) is 17.8. The van der Waals surface area contributed by atoms with Crippen LogP contribution in [0.5, 0.6) is 0 Å². The summed E-state index contributed by atoms with van der Waals surface area (Å²) in [5.41, 5.74) is 0. The minimum absolute atomic E-state index is 0.0212. The second-order valence-electron chi connectivity index (χ2n) is 26.0. The number of aliphatic hydroxyl groups is 2. The SMILES string of the molecule is CCCCCCCCCCCCCCCCCCCCCC(=O)OCCCCCCCCCCCCCC/C=C\CCCCCCCCCCCCCC(=O)NC(CO)C(O)CCCCCCCCCCCCCCCCCCCC. The Morgan fingerprint density at radius 1 is 0.333 bits per heavy atom. The van der Waals surface area contributed by atoms with Gasteiger partial charge in [-0.2, -0.15) is 0 Å². The lowest BCUT2D eigenvalue weighted by atomic mass is 10.0. The van der Waals surface area contributed by atoms with Gasteiger partial charge >= 0.3 is 5.97 Å². The predicted molar refractivity (Wildman–Crippen MR) is 357 cm³/mol. The van der Waals surface area contributed by atoms with Crippen molar-refractivity contribution < 1.29 is 24.5 Å². The van der Waals surface area contributed by atoms with Crippen molar-refractivity contribution in [2.75, 3.05) is 13.2 Å². The van der Waals surface area contributed by atoms with E-state index in [1.165, 1.54) is 360 Å². The maximum absolute atomic E-state index is 12.5. The summed E-state index contributed by atoms with van der Waals surface area (Å²) < 4.78 is 5.52. The molecular weight excluding hydrogens is 995 g/mol. The summed E-state index contributed by atoms with van der Waals surface area (Å²) >= 11 is 0. The number of esters is 1. The van der Waals surface area contributed by atoms with Gasteiger partial charge in [-0.05, 0) is 51.4 Å². The summed E-state index contributed by atoms with van der Waals surface area (Å²) in [4.78, 5) is 24.7. The molecule has 2 unspecified atom stereocenters. The van der Waals surface area contributed by atoms with Gasteiger partial charge in [-0.15, -0.1) is 0 Å². The number of hydrogen-bond acceptors (Lipinski definition) is 5. The highest BCUT2D eigenvalue weighted by molar-refractivity contribution is 5.76. The minimum Gasteiger partial charge on any atom is -0.466 e. The molecule has 0 saturated carbocycles. The van der Waals surface area contributed by atoms with Gasteiger partial charge in [0, 0.05) is 12.8 Å². The van der Waals surface area contributed by atoms with Gasteiger partial charge in [-0.3, -0.25) is 9.59 Å². The standard InChI is InChI=1S/C75H147NO5/c1-3-5-7-9-11-13-15-17-19-21-32-37-41-45-49-53-57-61-65-69-75(80)81-70-66-62-58-54-50-46-42-38-34-31-29-27-25-23-24-26-28-30-33-36-40-44-48-52-56-60-64-68-74(79)76-72(71-77)73(78)67-63-59-55-51-47-43-39-35-22-20-18-16-14-12-10-8-6-4-2/h23-24,72-73,77-78H,3-22,25-71H2,1-2H3,(H,76,79)/b24-23-. The molecule has 0 radical (unpaired) electrons. The van der Waals surface area contributed by atoms with Crippen LogP contribution in [0.4, 0.5) is 0 Å². The fraction of sp³-hybridized carbons (Fsp3) is 0.947. The Morgan fingerprint density at radius 3 is 0.877 bits per heavy atom. The average molecular weight is 1140 g/mol. The Balaban J connectivity index is 3.35. The van der Waals surface area contributed by atoms with Gasteiger partial charge in [-0.25, -0.2) is 0 Å². The van der Waals surface area contributed by atoms with E-state index in [-0.39, 0.29) is 18.5 Å². The lowest BCUT2D eigenvalue weighted by molar-refractivity contribution is -0.143. The normalized spacial score (nSPS) is 12.5. The van der Waals surface area contributed by atoms with Crippen LogP contribution in [0.1, 0.15) is 431 Å². The van der Waals surface area contributed by atoms with E-state index in [1.807, 2.05) is 0 Å². The van der Waals surface area contributed by atoms with E-state index in [2.05, 4.69) is 31.3 Å². The Morgan fingerprint density at radius 2 is 0.580 bits per heavy atom. The van der Waals surface area contributed by atoms with Crippen LogP contribution in [0.2, 0.25) is 0 Å². The molecule has 0 fully saturated rings. The van der Waals surface area contributed by atoms with Crippen molar-refractivity contribution in [3.05, 3.63) is 12.2 Å². The fourth-order valence-corrected chi connectivity index (χ4v) is 12.1. The first kappa shape index (κ1) is 79.6. The van der Waals surface area contributed by atoms with Crippen LogP contribution < -0.4 is 5.32 Å². The van der Waals surface area contributed by atoms with E-state index in [9.17, 15) is 19.8 Å². The minimum atomic E-state index is -0.665. The molecule has 0 saturated heterocycles. The highest BCUT2D eigenvalue weighted by Crippen LogP contribution is 2.20. The molecule has 1 amide bonds. The van der Waals surface area contributed by atoms with Crippen molar-refractivity contribution in [3.8, 4) is 0 Å². The van der Waals surface area contributed by atoms with Crippen molar-refractivity contribution in [2.24, 2.45) is 0 Å². The van der Waals surface area contributed by atoms with Gasteiger partial charge in [0.15, 0.2) is 0 Å². The van der Waals surface area contributed by atoms with Crippen LogP contribution in [0.15, 0.2) is 12.2 Å². The van der Waals surface area contributed by atoms with Crippen LogP contribution in [0.3, 0.4) is 0 Å². The van der Waals surface area contributed by atoms with Crippen molar-refractivity contribution >= 4 is 11.9 Å². The highest BCUT2D eigenvalue weighted by atomic mass is 16.5. The number of carbonyl (C=O) groups is 2. The topological polar surface area (TPSA) is 95.9 Å². The molecule has 81 heavy (non-hydrogen) atoms. The molecule has 3 N–H and O–H groups in total. The summed E-state index contributed by atoms with van der Waals surface area (Å²) in [6, 6.07) is -0.542. The summed E-state index contributed by atoms with van der Waals surface area (Å²) in [6.45, 7) is 5.01. The molecule has 6 heteroatoms. The zero-order valence-corrected chi connectivity index (χ0v) is 55.3. The van der Waals surface area contributed by atoms with Crippen molar-refractivity contribution in [1.82, 2.24) is 5.32 Å². The average Bonchev–Trinajstić information content (AvgIpc) is 3.47. The van der Waals surface area contributed by atoms with Crippen LogP contribution >= 0.6 is 0 Å². The Labute approximate surface area is 508 Å². The molecular formula is C75H147NO5. The molecule has 0 aliphatic carbocycles. The quantitative estimate of drug-likeness (QED) is 0.0320. The van der Waals surface area contributed by atoms with Gasteiger partial charge in [0.05, 0.1) is 25.4 Å². The Bertz CT molecular complexity index is 1220. The van der Waals surface area contributed by atoms with E-state index in [1.54, 1.807) is 0 Å². The number of nitrogens with one attached hydrogen (secondary N) is 1. The third kappa shape index (κ3) is 67.6. The lowest BCUT2D eigenvalue weighted by Gasteiger charge is -2.22. The predicted octanol–water partition coefficient (Wildman–Crippen LogP) is 24.3. The summed E-state index contributed by atoms with van der Waals surface area (Å²) in [5, 5.41) is 23.4. The highest BCUT2D eigenvalue weighted by Gasteiger charge is 2.20. The maximum Gasteiger partial charge on any atom is 0.305 e. The van der Waals surface area contributed by atoms with Gasteiger partial charge in [0.25, 0.3) is 0 Å². The smallest absolute Gasteiger partial charge is 0.305 e. The molecule has 0 aliphatic heterocycles. The van der Waals surface area contributed by atoms with Crippen LogP contribution in [-0.2, 0) is 14.3 Å². The zero-order valence-electron chi connectivity index (χ0n) is 55.3. The first-order valence-corrected chi connectivity index (χ1v) is 37.4. The van der Waals surface area contributed by atoms with Gasteiger partial charge in [0.2, 0.25) is 5.91 Å². The van der Waals surface area contributed by atoms with E-state index < -0.39 is 12.1 Å². The molecule has 6 nitrogen and oxygen atoms in total. The fourth-order valence-electron chi connectivity index (χ4n) is 12.1. The van der Waals surface area contributed by atoms with Crippen molar-refractivity contribution in [2.45, 2.75) is 443 Å². The number of hydrogen-bond donors (Lipinski definition) is 3. The summed E-state index contributed by atoms with van der Waals surface area (Å²) in [5.74, 6) is -0.0101. The van der Waals surface area contributed by atoms with E-state index in [4.69, 9.17) is 4.74 Å². The van der Waals surface area contributed by atoms with E-state index in [0.29, 0.717) is 25.9 Å². The van der Waals surface area contributed by atoms with Crippen LogP contribution in [0.25, 0.3) is 0 Å². The zero-order chi connectivity index (χ0) is 58.5. The second kappa shape index (κ2) is 71.1.